The van der Waals surface area contributed by atoms with Gasteiger partial charge in [-0.3, -0.25) is 0 Å². The summed E-state index contributed by atoms with van der Waals surface area (Å²) < 4.78 is 5.16. The molecule has 0 saturated carbocycles. The summed E-state index contributed by atoms with van der Waals surface area (Å²) in [4.78, 5) is 10.4. The number of carbonyl (C=O) groups is 1. The molecular weight excluding hydrogens is 293 g/mol. The van der Waals surface area contributed by atoms with Crippen molar-refractivity contribution in [2.24, 2.45) is 0 Å². The zero-order chi connectivity index (χ0) is 11.6. The number of rotatable bonds is 3. The van der Waals surface area contributed by atoms with Crippen LogP contribution in [0.5, 0.6) is 5.75 Å². The fourth-order valence-electron chi connectivity index (χ4n) is 1.37. The SMILES string of the molecule is Cc1[c-]c(OCC(=O)O)c(C)c(C)c1C.[Ru+]. The second kappa shape index (κ2) is 6.00. The van der Waals surface area contributed by atoms with Crippen molar-refractivity contribution in [2.45, 2.75) is 27.7 Å². The van der Waals surface area contributed by atoms with E-state index in [-0.39, 0.29) is 26.1 Å². The molecule has 89 valence electrons. The van der Waals surface area contributed by atoms with Crippen LogP contribution in [0.3, 0.4) is 0 Å². The predicted molar refractivity (Wildman–Crippen MR) is 57.4 cm³/mol. The van der Waals surface area contributed by atoms with Crippen molar-refractivity contribution >= 4 is 5.97 Å². The quantitative estimate of drug-likeness (QED) is 0.688. The van der Waals surface area contributed by atoms with E-state index in [9.17, 15) is 4.79 Å². The van der Waals surface area contributed by atoms with Crippen molar-refractivity contribution < 1.29 is 34.1 Å². The average molecular weight is 308 g/mol. The van der Waals surface area contributed by atoms with E-state index in [1.54, 1.807) is 0 Å². The third kappa shape index (κ3) is 3.31. The number of carboxylic acid groups (broad SMARTS) is 1. The third-order valence-electron chi connectivity index (χ3n) is 2.67. The predicted octanol–water partition coefficient (Wildman–Crippen LogP) is 2.18. The van der Waals surface area contributed by atoms with Gasteiger partial charge in [-0.05, 0) is 0 Å². The zero-order valence-corrected chi connectivity index (χ0v) is 11.6. The maximum Gasteiger partial charge on any atom is 1.00 e. The van der Waals surface area contributed by atoms with Gasteiger partial charge in [-0.15, -0.1) is 11.6 Å². The maximum absolute atomic E-state index is 10.4. The largest absolute Gasteiger partial charge is 1.00 e. The van der Waals surface area contributed by atoms with Crippen molar-refractivity contribution in [1.82, 2.24) is 0 Å². The van der Waals surface area contributed by atoms with E-state index in [2.05, 4.69) is 6.07 Å². The van der Waals surface area contributed by atoms with Crippen LogP contribution in [0.1, 0.15) is 22.3 Å². The summed E-state index contributed by atoms with van der Waals surface area (Å²) in [5.74, 6) is -0.434. The molecule has 16 heavy (non-hydrogen) atoms. The molecule has 4 heteroatoms. The van der Waals surface area contributed by atoms with Gasteiger partial charge in [0.05, 0.1) is 0 Å². The van der Waals surface area contributed by atoms with Gasteiger partial charge in [0, 0.05) is 5.75 Å². The number of hydrogen-bond acceptors (Lipinski definition) is 2. The van der Waals surface area contributed by atoms with Crippen LogP contribution in [-0.4, -0.2) is 17.7 Å². The fraction of sp³-hybridized carbons (Fsp3) is 0.417. The van der Waals surface area contributed by atoms with E-state index >= 15 is 0 Å². The molecule has 1 aromatic rings. The van der Waals surface area contributed by atoms with Crippen LogP contribution in [0.15, 0.2) is 0 Å². The van der Waals surface area contributed by atoms with Crippen molar-refractivity contribution in [3.05, 3.63) is 28.3 Å². The summed E-state index contributed by atoms with van der Waals surface area (Å²) in [5, 5.41) is 8.52. The smallest absolute Gasteiger partial charge is 0.507 e. The number of hydrogen-bond donors (Lipinski definition) is 1. The first kappa shape index (κ1) is 15.1. The Hall–Kier alpha value is -0.887. The van der Waals surface area contributed by atoms with E-state index in [0.717, 1.165) is 16.7 Å². The molecule has 1 rings (SSSR count). The molecule has 0 aliphatic heterocycles. The molecular formula is C12H15O3Ru. The van der Waals surface area contributed by atoms with Gasteiger partial charge in [-0.2, -0.15) is 16.7 Å². The first-order valence-electron chi connectivity index (χ1n) is 4.77. The molecule has 0 heterocycles. The van der Waals surface area contributed by atoms with Crippen molar-refractivity contribution in [3.63, 3.8) is 0 Å². The minimum atomic E-state index is -0.973. The van der Waals surface area contributed by atoms with Gasteiger partial charge < -0.3 is 9.84 Å². The Morgan fingerprint density at radius 3 is 2.25 bits per heavy atom. The van der Waals surface area contributed by atoms with Crippen LogP contribution in [0, 0.1) is 33.8 Å². The topological polar surface area (TPSA) is 46.5 Å². The normalized spacial score (nSPS) is 9.50. The number of aliphatic carboxylic acids is 1. The van der Waals surface area contributed by atoms with Crippen LogP contribution in [0.2, 0.25) is 0 Å². The summed E-state index contributed by atoms with van der Waals surface area (Å²) in [6, 6.07) is 3.05. The standard InChI is InChI=1S/C12H15O3.Ru/c1-7-5-11(15-6-12(13)14)10(4)9(3)8(7)2;/h6H2,1-4H3,(H,13,14);/q-1;+1. The van der Waals surface area contributed by atoms with Crippen LogP contribution in [0.25, 0.3) is 0 Å². The Balaban J connectivity index is 0.00000225. The molecule has 0 saturated heterocycles. The first-order chi connectivity index (χ1) is 6.93. The summed E-state index contributed by atoms with van der Waals surface area (Å²) in [7, 11) is 0. The van der Waals surface area contributed by atoms with Gasteiger partial charge in [0.15, 0.2) is 6.61 Å². The third-order valence-corrected chi connectivity index (χ3v) is 2.67. The number of ether oxygens (including phenoxy) is 1. The van der Waals surface area contributed by atoms with Gasteiger partial charge in [-0.1, -0.05) is 27.7 Å². The minimum absolute atomic E-state index is 0. The number of benzene rings is 1. The molecule has 0 aliphatic rings. The molecule has 3 nitrogen and oxygen atoms in total. The Bertz CT molecular complexity index is 400. The molecule has 1 aromatic carbocycles. The van der Waals surface area contributed by atoms with E-state index in [0.29, 0.717) is 5.75 Å². The molecule has 0 aliphatic carbocycles. The van der Waals surface area contributed by atoms with Crippen LogP contribution < -0.4 is 4.74 Å². The summed E-state index contributed by atoms with van der Waals surface area (Å²) in [6.07, 6.45) is 0. The monoisotopic (exact) mass is 309 g/mol. The Morgan fingerprint density at radius 2 is 1.75 bits per heavy atom. The van der Waals surface area contributed by atoms with Gasteiger partial charge in [0.2, 0.25) is 0 Å². The molecule has 0 aromatic heterocycles. The molecule has 0 amide bonds. The number of carboxylic acids is 1. The van der Waals surface area contributed by atoms with E-state index in [4.69, 9.17) is 9.84 Å². The zero-order valence-electron chi connectivity index (χ0n) is 9.82. The van der Waals surface area contributed by atoms with Crippen LogP contribution >= 0.6 is 0 Å². The Kier molecular flexibility index (Phi) is 5.67. The second-order valence-electron chi connectivity index (χ2n) is 3.64. The Labute approximate surface area is 109 Å². The summed E-state index contributed by atoms with van der Waals surface area (Å²) in [6.45, 7) is 7.55. The molecule has 1 N–H and O–H groups in total. The Morgan fingerprint density at radius 1 is 1.19 bits per heavy atom. The van der Waals surface area contributed by atoms with Crippen LogP contribution in [-0.2, 0) is 24.3 Å². The molecule has 1 radical (unpaired) electrons. The molecule has 0 atom stereocenters. The number of aryl methyl sites for hydroxylation is 1. The van der Waals surface area contributed by atoms with E-state index in [1.807, 2.05) is 27.7 Å². The average Bonchev–Trinajstić information content (AvgIpc) is 2.18. The molecule has 0 spiro atoms. The van der Waals surface area contributed by atoms with Crippen molar-refractivity contribution in [3.8, 4) is 5.75 Å². The van der Waals surface area contributed by atoms with Gasteiger partial charge in [-0.25, -0.2) is 4.79 Å². The second-order valence-corrected chi connectivity index (χ2v) is 3.64. The molecule has 0 fully saturated rings. The van der Waals surface area contributed by atoms with Gasteiger partial charge in [0.25, 0.3) is 0 Å². The minimum Gasteiger partial charge on any atom is -0.507 e. The van der Waals surface area contributed by atoms with Crippen LogP contribution in [0.4, 0.5) is 0 Å². The van der Waals surface area contributed by atoms with E-state index < -0.39 is 5.97 Å². The molecule has 0 unspecified atom stereocenters. The fourth-order valence-corrected chi connectivity index (χ4v) is 1.37. The summed E-state index contributed by atoms with van der Waals surface area (Å²) >= 11 is 0. The van der Waals surface area contributed by atoms with Crippen molar-refractivity contribution in [1.29, 1.82) is 0 Å². The van der Waals surface area contributed by atoms with E-state index in [1.165, 1.54) is 5.56 Å². The van der Waals surface area contributed by atoms with Gasteiger partial charge in [0.1, 0.15) is 0 Å². The van der Waals surface area contributed by atoms with Crippen molar-refractivity contribution in [2.75, 3.05) is 6.61 Å². The molecule has 0 bridgehead atoms. The van der Waals surface area contributed by atoms with Gasteiger partial charge >= 0.3 is 25.4 Å². The summed E-state index contributed by atoms with van der Waals surface area (Å²) in [5.41, 5.74) is 4.26. The maximum atomic E-state index is 10.4. The first-order valence-corrected chi connectivity index (χ1v) is 4.77.